The fraction of sp³-hybridized carbons (Fsp3) is 0.818. The predicted octanol–water partition coefficient (Wildman–Crippen LogP) is 0.735. The molecule has 0 aliphatic carbocycles. The molecule has 1 aliphatic rings. The van der Waals surface area contributed by atoms with Gasteiger partial charge in [0.15, 0.2) is 0 Å². The van der Waals surface area contributed by atoms with Crippen LogP contribution in [0.4, 0.5) is 0 Å². The van der Waals surface area contributed by atoms with Crippen LogP contribution in [-0.2, 0) is 14.3 Å². The van der Waals surface area contributed by atoms with Gasteiger partial charge in [0, 0.05) is 13.7 Å². The summed E-state index contributed by atoms with van der Waals surface area (Å²) in [6.45, 7) is 4.14. The zero-order valence-corrected chi connectivity index (χ0v) is 10.0. The van der Waals surface area contributed by atoms with E-state index in [1.807, 2.05) is 0 Å². The third kappa shape index (κ3) is 2.52. The maximum atomic E-state index is 12.0. The van der Waals surface area contributed by atoms with Crippen LogP contribution >= 0.6 is 0 Å². The molecule has 1 amide bonds. The molecular weight excluding hydrogens is 210 g/mol. The third-order valence-electron chi connectivity index (χ3n) is 3.20. The number of nitrogens with zero attached hydrogens (tertiary/aromatic N) is 1. The molecule has 1 rings (SSSR count). The van der Waals surface area contributed by atoms with Crippen molar-refractivity contribution < 1.29 is 19.4 Å². The smallest absolute Gasteiger partial charge is 0.329 e. The average molecular weight is 229 g/mol. The summed E-state index contributed by atoms with van der Waals surface area (Å²) in [6, 6.07) is 0. The minimum Gasteiger partial charge on any atom is -0.480 e. The first-order chi connectivity index (χ1) is 7.37. The summed E-state index contributed by atoms with van der Waals surface area (Å²) in [5.74, 6) is -1.34. The number of rotatable bonds is 3. The van der Waals surface area contributed by atoms with E-state index in [1.54, 1.807) is 0 Å². The molecule has 0 spiro atoms. The Balaban J connectivity index is 2.69. The molecule has 1 saturated heterocycles. The van der Waals surface area contributed by atoms with Crippen LogP contribution in [0.1, 0.15) is 26.7 Å². The van der Waals surface area contributed by atoms with Gasteiger partial charge in [-0.25, -0.2) is 4.79 Å². The molecule has 1 aliphatic heterocycles. The number of hydrogen-bond acceptors (Lipinski definition) is 3. The van der Waals surface area contributed by atoms with Crippen molar-refractivity contribution >= 4 is 11.9 Å². The highest BCUT2D eigenvalue weighted by Crippen LogP contribution is 2.21. The van der Waals surface area contributed by atoms with Crippen LogP contribution in [0.2, 0.25) is 0 Å². The number of likely N-dealkylation sites (N-methyl/N-ethyl adjacent to an activating group) is 1. The zero-order chi connectivity index (χ0) is 12.3. The first kappa shape index (κ1) is 13.0. The van der Waals surface area contributed by atoms with Gasteiger partial charge in [0.25, 0.3) is 0 Å². The van der Waals surface area contributed by atoms with E-state index < -0.39 is 11.5 Å². The Kier molecular flexibility index (Phi) is 3.91. The number of carbonyl (C=O) groups is 2. The van der Waals surface area contributed by atoms with Gasteiger partial charge in [-0.05, 0) is 26.7 Å². The van der Waals surface area contributed by atoms with E-state index in [9.17, 15) is 9.59 Å². The number of carboxylic acids is 1. The topological polar surface area (TPSA) is 66.8 Å². The van der Waals surface area contributed by atoms with Gasteiger partial charge in [0.1, 0.15) is 5.54 Å². The van der Waals surface area contributed by atoms with E-state index in [2.05, 4.69) is 0 Å². The van der Waals surface area contributed by atoms with Crippen LogP contribution in [0.5, 0.6) is 0 Å². The quantitative estimate of drug-likeness (QED) is 0.775. The number of amides is 1. The SMILES string of the molecule is CN(C(=O)C1CCCOC1)C(C)(C)C(=O)O. The summed E-state index contributed by atoms with van der Waals surface area (Å²) < 4.78 is 5.23. The molecule has 0 aromatic carbocycles. The van der Waals surface area contributed by atoms with E-state index in [-0.39, 0.29) is 11.8 Å². The highest BCUT2D eigenvalue weighted by atomic mass is 16.5. The van der Waals surface area contributed by atoms with Gasteiger partial charge in [-0.1, -0.05) is 0 Å². The maximum absolute atomic E-state index is 12.0. The lowest BCUT2D eigenvalue weighted by atomic mass is 9.96. The molecule has 1 unspecified atom stereocenters. The van der Waals surface area contributed by atoms with Gasteiger partial charge in [-0.2, -0.15) is 0 Å². The monoisotopic (exact) mass is 229 g/mol. The van der Waals surface area contributed by atoms with Gasteiger partial charge in [0.2, 0.25) is 5.91 Å². The number of ether oxygens (including phenoxy) is 1. The fourth-order valence-corrected chi connectivity index (χ4v) is 1.63. The third-order valence-corrected chi connectivity index (χ3v) is 3.20. The predicted molar refractivity (Wildman–Crippen MR) is 58.0 cm³/mol. The Morgan fingerprint density at radius 3 is 2.50 bits per heavy atom. The van der Waals surface area contributed by atoms with Crippen LogP contribution < -0.4 is 0 Å². The molecule has 0 radical (unpaired) electrons. The van der Waals surface area contributed by atoms with E-state index in [0.29, 0.717) is 13.2 Å². The number of carboxylic acid groups (broad SMARTS) is 1. The van der Waals surface area contributed by atoms with Crippen molar-refractivity contribution in [3.8, 4) is 0 Å². The summed E-state index contributed by atoms with van der Waals surface area (Å²) in [6.07, 6.45) is 1.64. The van der Waals surface area contributed by atoms with Crippen molar-refractivity contribution in [2.24, 2.45) is 5.92 Å². The molecule has 0 bridgehead atoms. The molecule has 1 fully saturated rings. The van der Waals surface area contributed by atoms with E-state index in [1.165, 1.54) is 25.8 Å². The lowest BCUT2D eigenvalue weighted by Gasteiger charge is -2.35. The van der Waals surface area contributed by atoms with Crippen LogP contribution in [-0.4, -0.2) is 47.7 Å². The molecular formula is C11H19NO4. The Morgan fingerprint density at radius 2 is 2.06 bits per heavy atom. The molecule has 5 heteroatoms. The lowest BCUT2D eigenvalue weighted by Crippen LogP contribution is -2.53. The van der Waals surface area contributed by atoms with Crippen molar-refractivity contribution in [2.45, 2.75) is 32.2 Å². The second kappa shape index (κ2) is 4.82. The Morgan fingerprint density at radius 1 is 1.44 bits per heavy atom. The number of carbonyl (C=O) groups excluding carboxylic acids is 1. The average Bonchev–Trinajstić information content (AvgIpc) is 2.28. The van der Waals surface area contributed by atoms with Gasteiger partial charge >= 0.3 is 5.97 Å². The number of hydrogen-bond donors (Lipinski definition) is 1. The van der Waals surface area contributed by atoms with E-state index in [4.69, 9.17) is 9.84 Å². The highest BCUT2D eigenvalue weighted by Gasteiger charge is 2.38. The zero-order valence-electron chi connectivity index (χ0n) is 10.0. The van der Waals surface area contributed by atoms with Crippen LogP contribution in [0.15, 0.2) is 0 Å². The first-order valence-corrected chi connectivity index (χ1v) is 5.46. The Bertz CT molecular complexity index is 282. The Labute approximate surface area is 95.4 Å². The standard InChI is InChI=1S/C11H19NO4/c1-11(2,10(14)15)12(3)9(13)8-5-4-6-16-7-8/h8H,4-7H2,1-3H3,(H,14,15). The summed E-state index contributed by atoms with van der Waals surface area (Å²) in [7, 11) is 1.53. The van der Waals surface area contributed by atoms with Crippen molar-refractivity contribution in [2.75, 3.05) is 20.3 Å². The van der Waals surface area contributed by atoms with E-state index in [0.717, 1.165) is 12.8 Å². The molecule has 0 aromatic heterocycles. The molecule has 92 valence electrons. The lowest BCUT2D eigenvalue weighted by molar-refractivity contribution is -0.158. The summed E-state index contributed by atoms with van der Waals surface area (Å²) in [5.41, 5.74) is -1.17. The molecule has 1 N–H and O–H groups in total. The fourth-order valence-electron chi connectivity index (χ4n) is 1.63. The van der Waals surface area contributed by atoms with Gasteiger partial charge < -0.3 is 14.7 Å². The summed E-state index contributed by atoms with van der Waals surface area (Å²) in [5, 5.41) is 9.03. The normalized spacial score (nSPS) is 21.6. The van der Waals surface area contributed by atoms with Crippen molar-refractivity contribution in [3.05, 3.63) is 0 Å². The maximum Gasteiger partial charge on any atom is 0.329 e. The van der Waals surface area contributed by atoms with Crippen LogP contribution in [0.3, 0.4) is 0 Å². The highest BCUT2D eigenvalue weighted by molar-refractivity contribution is 5.87. The molecule has 0 aromatic rings. The van der Waals surface area contributed by atoms with Gasteiger partial charge in [-0.15, -0.1) is 0 Å². The Hall–Kier alpha value is -1.10. The largest absolute Gasteiger partial charge is 0.480 e. The molecule has 5 nitrogen and oxygen atoms in total. The second-order valence-corrected chi connectivity index (χ2v) is 4.68. The van der Waals surface area contributed by atoms with Crippen molar-refractivity contribution in [1.82, 2.24) is 4.90 Å². The minimum atomic E-state index is -1.17. The summed E-state index contributed by atoms with van der Waals surface area (Å²) >= 11 is 0. The van der Waals surface area contributed by atoms with Gasteiger partial charge in [-0.3, -0.25) is 4.79 Å². The minimum absolute atomic E-state index is 0.146. The van der Waals surface area contributed by atoms with Crippen LogP contribution in [0.25, 0.3) is 0 Å². The molecule has 16 heavy (non-hydrogen) atoms. The first-order valence-electron chi connectivity index (χ1n) is 5.46. The number of aliphatic carboxylic acids is 1. The second-order valence-electron chi connectivity index (χ2n) is 4.68. The molecule has 1 atom stereocenters. The van der Waals surface area contributed by atoms with Crippen molar-refractivity contribution in [1.29, 1.82) is 0 Å². The van der Waals surface area contributed by atoms with E-state index >= 15 is 0 Å². The molecule has 0 saturated carbocycles. The molecule has 1 heterocycles. The van der Waals surface area contributed by atoms with Gasteiger partial charge in [0.05, 0.1) is 12.5 Å². The summed E-state index contributed by atoms with van der Waals surface area (Å²) in [4.78, 5) is 24.4. The van der Waals surface area contributed by atoms with Crippen LogP contribution in [0, 0.1) is 5.92 Å². The van der Waals surface area contributed by atoms with Crippen molar-refractivity contribution in [3.63, 3.8) is 0 Å².